The van der Waals surface area contributed by atoms with Crippen molar-refractivity contribution in [2.75, 3.05) is 0 Å². The maximum Gasteiger partial charge on any atom is 0.188 e. The van der Waals surface area contributed by atoms with Gasteiger partial charge in [0.25, 0.3) is 0 Å². The Kier molecular flexibility index (Phi) is 2.17. The Labute approximate surface area is 86.3 Å². The van der Waals surface area contributed by atoms with Gasteiger partial charge < -0.3 is 0 Å². The molecule has 0 fully saturated rings. The van der Waals surface area contributed by atoms with Crippen LogP contribution in [0.1, 0.15) is 10.4 Å². The van der Waals surface area contributed by atoms with E-state index in [0.717, 1.165) is 20.5 Å². The van der Waals surface area contributed by atoms with E-state index in [2.05, 4.69) is 15.9 Å². The molecule has 0 radical (unpaired) electrons. The zero-order valence-electron chi connectivity index (χ0n) is 6.38. The largest absolute Gasteiger partial charge is 0.298 e. The van der Waals surface area contributed by atoms with Gasteiger partial charge in [0.1, 0.15) is 0 Å². The van der Waals surface area contributed by atoms with Gasteiger partial charge in [-0.3, -0.25) is 4.79 Å². The second-order valence-electron chi connectivity index (χ2n) is 2.52. The topological polar surface area (TPSA) is 17.1 Å². The molecule has 1 heterocycles. The van der Waals surface area contributed by atoms with E-state index in [-0.39, 0.29) is 5.56 Å². The van der Waals surface area contributed by atoms with Gasteiger partial charge in [0.05, 0.1) is 5.56 Å². The van der Waals surface area contributed by atoms with Crippen molar-refractivity contribution in [3.05, 3.63) is 33.4 Å². The molecule has 0 spiro atoms. The van der Waals surface area contributed by atoms with Crippen molar-refractivity contribution in [1.29, 1.82) is 0 Å². The quantitative estimate of drug-likeness (QED) is 0.715. The van der Waals surface area contributed by atoms with Crippen LogP contribution in [-0.4, -0.2) is 6.29 Å². The molecule has 2 aromatic rings. The van der Waals surface area contributed by atoms with E-state index < -0.39 is 5.13 Å². The first-order chi connectivity index (χ1) is 6.24. The monoisotopic (exact) mass is 258 g/mol. The van der Waals surface area contributed by atoms with Gasteiger partial charge in [-0.2, -0.15) is 4.39 Å². The minimum atomic E-state index is -0.420. The standard InChI is InChI=1S/C9H4BrFOS/c10-6-2-1-3-7-8(6)5(4-12)9(11)13-7/h1-4H. The summed E-state index contributed by atoms with van der Waals surface area (Å²) in [4.78, 5) is 10.6. The molecule has 0 bridgehead atoms. The smallest absolute Gasteiger partial charge is 0.188 e. The molecule has 1 aromatic carbocycles. The highest BCUT2D eigenvalue weighted by molar-refractivity contribution is 9.10. The van der Waals surface area contributed by atoms with E-state index in [1.165, 1.54) is 0 Å². The second kappa shape index (κ2) is 3.20. The lowest BCUT2D eigenvalue weighted by molar-refractivity contribution is 0.112. The number of carbonyl (C=O) groups excluding carboxylic acids is 1. The molecular formula is C9H4BrFOS. The van der Waals surface area contributed by atoms with Crippen molar-refractivity contribution in [1.82, 2.24) is 0 Å². The fourth-order valence-electron chi connectivity index (χ4n) is 1.21. The number of halogens is 2. The molecule has 2 rings (SSSR count). The molecule has 1 nitrogen and oxygen atoms in total. The van der Waals surface area contributed by atoms with E-state index in [0.29, 0.717) is 11.7 Å². The van der Waals surface area contributed by atoms with Crippen molar-refractivity contribution in [3.63, 3.8) is 0 Å². The van der Waals surface area contributed by atoms with E-state index in [1.807, 2.05) is 6.07 Å². The van der Waals surface area contributed by atoms with Crippen LogP contribution in [-0.2, 0) is 0 Å². The molecule has 0 aliphatic rings. The Hall–Kier alpha value is -0.740. The fraction of sp³-hybridized carbons (Fsp3) is 0. The third-order valence-corrected chi connectivity index (χ3v) is 3.39. The second-order valence-corrected chi connectivity index (χ2v) is 4.38. The van der Waals surface area contributed by atoms with Crippen LogP contribution in [0.15, 0.2) is 22.7 Å². The minimum Gasteiger partial charge on any atom is -0.298 e. The predicted octanol–water partition coefficient (Wildman–Crippen LogP) is 3.62. The molecule has 0 N–H and O–H groups in total. The molecule has 0 unspecified atom stereocenters. The predicted molar refractivity (Wildman–Crippen MR) is 54.9 cm³/mol. The van der Waals surface area contributed by atoms with E-state index in [1.54, 1.807) is 12.1 Å². The van der Waals surface area contributed by atoms with Crippen molar-refractivity contribution in [2.45, 2.75) is 0 Å². The van der Waals surface area contributed by atoms with E-state index >= 15 is 0 Å². The number of rotatable bonds is 1. The van der Waals surface area contributed by atoms with Gasteiger partial charge in [-0.25, -0.2) is 0 Å². The van der Waals surface area contributed by atoms with Crippen molar-refractivity contribution < 1.29 is 9.18 Å². The molecular weight excluding hydrogens is 255 g/mol. The Morgan fingerprint density at radius 1 is 1.46 bits per heavy atom. The van der Waals surface area contributed by atoms with Gasteiger partial charge in [0.15, 0.2) is 11.4 Å². The number of hydrogen-bond acceptors (Lipinski definition) is 2. The summed E-state index contributed by atoms with van der Waals surface area (Å²) in [5.41, 5.74) is 0.146. The zero-order chi connectivity index (χ0) is 9.42. The lowest BCUT2D eigenvalue weighted by atomic mass is 10.2. The van der Waals surface area contributed by atoms with Gasteiger partial charge in [-0.15, -0.1) is 11.3 Å². The van der Waals surface area contributed by atoms with Crippen LogP contribution in [0.5, 0.6) is 0 Å². The van der Waals surface area contributed by atoms with E-state index in [9.17, 15) is 9.18 Å². The number of thiophene rings is 1. The lowest BCUT2D eigenvalue weighted by Gasteiger charge is -1.92. The third kappa shape index (κ3) is 1.30. The summed E-state index contributed by atoms with van der Waals surface area (Å²) in [6.45, 7) is 0. The van der Waals surface area contributed by atoms with Gasteiger partial charge in [-0.1, -0.05) is 22.0 Å². The first-order valence-corrected chi connectivity index (χ1v) is 5.16. The summed E-state index contributed by atoms with van der Waals surface area (Å²) < 4.78 is 14.7. The summed E-state index contributed by atoms with van der Waals surface area (Å²) in [6.07, 6.45) is 0.554. The zero-order valence-corrected chi connectivity index (χ0v) is 8.78. The fourth-order valence-corrected chi connectivity index (χ4v) is 2.84. The summed E-state index contributed by atoms with van der Waals surface area (Å²) in [5.74, 6) is 0. The molecule has 1 aromatic heterocycles. The van der Waals surface area contributed by atoms with Gasteiger partial charge >= 0.3 is 0 Å². The Morgan fingerprint density at radius 3 is 2.92 bits per heavy atom. The number of aldehydes is 1. The van der Waals surface area contributed by atoms with Crippen molar-refractivity contribution >= 4 is 43.6 Å². The van der Waals surface area contributed by atoms with Crippen LogP contribution in [0.25, 0.3) is 10.1 Å². The van der Waals surface area contributed by atoms with Gasteiger partial charge in [0.2, 0.25) is 0 Å². The number of hydrogen-bond donors (Lipinski definition) is 0. The van der Waals surface area contributed by atoms with Gasteiger partial charge in [-0.05, 0) is 12.1 Å². The lowest BCUT2D eigenvalue weighted by Crippen LogP contribution is -1.80. The molecule has 0 atom stereocenters. The summed E-state index contributed by atoms with van der Waals surface area (Å²) >= 11 is 4.27. The summed E-state index contributed by atoms with van der Waals surface area (Å²) in [7, 11) is 0. The first-order valence-electron chi connectivity index (χ1n) is 3.55. The highest BCUT2D eigenvalue weighted by Gasteiger charge is 2.12. The average molecular weight is 259 g/mol. The van der Waals surface area contributed by atoms with Crippen LogP contribution in [0.2, 0.25) is 0 Å². The van der Waals surface area contributed by atoms with Crippen LogP contribution in [0, 0.1) is 5.13 Å². The van der Waals surface area contributed by atoms with Crippen LogP contribution >= 0.6 is 27.3 Å². The molecule has 66 valence electrons. The first kappa shape index (κ1) is 8.84. The molecule has 0 amide bonds. The molecule has 0 aliphatic carbocycles. The maximum atomic E-state index is 13.2. The van der Waals surface area contributed by atoms with Crippen molar-refractivity contribution in [3.8, 4) is 0 Å². The molecule has 0 saturated carbocycles. The Morgan fingerprint density at radius 2 is 2.23 bits per heavy atom. The summed E-state index contributed by atoms with van der Waals surface area (Å²) in [6, 6.07) is 5.40. The number of carbonyl (C=O) groups is 1. The van der Waals surface area contributed by atoms with E-state index in [4.69, 9.17) is 0 Å². The highest BCUT2D eigenvalue weighted by atomic mass is 79.9. The number of benzene rings is 1. The highest BCUT2D eigenvalue weighted by Crippen LogP contribution is 2.33. The normalized spacial score (nSPS) is 10.6. The van der Waals surface area contributed by atoms with Crippen molar-refractivity contribution in [2.24, 2.45) is 0 Å². The SMILES string of the molecule is O=Cc1c(F)sc2cccc(Br)c12. The number of fused-ring (bicyclic) bond motifs is 1. The Bertz CT molecular complexity index is 478. The molecule has 0 saturated heterocycles. The molecule has 13 heavy (non-hydrogen) atoms. The molecule has 4 heteroatoms. The van der Waals surface area contributed by atoms with Crippen LogP contribution in [0.4, 0.5) is 4.39 Å². The average Bonchev–Trinajstić information content (AvgIpc) is 2.42. The maximum absolute atomic E-state index is 13.2. The summed E-state index contributed by atoms with van der Waals surface area (Å²) in [5, 5.41) is 0.247. The Balaban J connectivity index is 2.96. The minimum absolute atomic E-state index is 0.146. The van der Waals surface area contributed by atoms with Gasteiger partial charge in [0, 0.05) is 14.6 Å². The van der Waals surface area contributed by atoms with Crippen LogP contribution < -0.4 is 0 Å². The third-order valence-electron chi connectivity index (χ3n) is 1.77. The van der Waals surface area contributed by atoms with Crippen LogP contribution in [0.3, 0.4) is 0 Å². The molecule has 0 aliphatic heterocycles.